The molecule has 0 radical (unpaired) electrons. The fraction of sp³-hybridized carbons (Fsp3) is 0.636. The first-order valence-electron chi connectivity index (χ1n) is 24.8. The van der Waals surface area contributed by atoms with Crippen molar-refractivity contribution in [1.29, 1.82) is 0 Å². The summed E-state index contributed by atoms with van der Waals surface area (Å²) in [5.41, 5.74) is 5.93. The minimum atomic E-state index is -0.948. The maximum absolute atomic E-state index is 12.3. The summed E-state index contributed by atoms with van der Waals surface area (Å²) in [7, 11) is 0. The summed E-state index contributed by atoms with van der Waals surface area (Å²) in [6, 6.07) is 21.9. The zero-order valence-electron chi connectivity index (χ0n) is 38.9. The fourth-order valence-electron chi connectivity index (χ4n) is 11.7. The van der Waals surface area contributed by atoms with Crippen molar-refractivity contribution in [3.05, 3.63) is 94.5 Å². The van der Waals surface area contributed by atoms with Crippen molar-refractivity contribution in [2.45, 2.75) is 162 Å². The number of ether oxygens (including phenoxy) is 3. The first-order valence-corrected chi connectivity index (χ1v) is 24.8. The van der Waals surface area contributed by atoms with Gasteiger partial charge in [-0.05, 0) is 139 Å². The Morgan fingerprint density at radius 2 is 1.11 bits per heavy atom. The van der Waals surface area contributed by atoms with E-state index in [2.05, 4.69) is 39.8 Å². The second-order valence-electron chi connectivity index (χ2n) is 19.9. The number of esters is 1. The second kappa shape index (κ2) is 24.4. The molecule has 7 rings (SSSR count). The van der Waals surface area contributed by atoms with Crippen LogP contribution in [0, 0.1) is 47.3 Å². The molecule has 0 aliphatic heterocycles. The molecule has 10 atom stereocenters. The molecule has 3 N–H and O–H groups in total. The Morgan fingerprint density at radius 3 is 1.59 bits per heavy atom. The number of hydrogen-bond acceptors (Lipinski definition) is 7. The third-order valence-electron chi connectivity index (χ3n) is 15.2. The van der Waals surface area contributed by atoms with Crippen LogP contribution >= 0.6 is 0 Å². The Morgan fingerprint density at radius 1 is 0.619 bits per heavy atom. The normalized spacial score (nSPS) is 25.3. The van der Waals surface area contributed by atoms with Crippen molar-refractivity contribution in [3.63, 3.8) is 0 Å². The van der Waals surface area contributed by atoms with E-state index in [1.165, 1.54) is 80.9 Å². The molecule has 3 aromatic carbocycles. The molecular formula is C55H78O8. The van der Waals surface area contributed by atoms with Crippen LogP contribution in [0.1, 0.15) is 145 Å². The molecule has 0 amide bonds. The minimum absolute atomic E-state index is 0.0848. The Bertz CT molecular complexity index is 1860. The number of aliphatic carboxylic acids is 1. The van der Waals surface area contributed by atoms with Crippen LogP contribution in [0.4, 0.5) is 0 Å². The molecule has 4 aliphatic rings. The van der Waals surface area contributed by atoms with Gasteiger partial charge in [0, 0.05) is 0 Å². The van der Waals surface area contributed by atoms with Crippen molar-refractivity contribution >= 4 is 11.9 Å². The lowest BCUT2D eigenvalue weighted by Crippen LogP contribution is -2.27. The van der Waals surface area contributed by atoms with Crippen LogP contribution in [0.2, 0.25) is 0 Å². The third-order valence-corrected chi connectivity index (χ3v) is 15.2. The highest BCUT2D eigenvalue weighted by Crippen LogP contribution is 2.50. The zero-order chi connectivity index (χ0) is 44.7. The van der Waals surface area contributed by atoms with Crippen LogP contribution in [0.25, 0.3) is 0 Å². The van der Waals surface area contributed by atoms with Gasteiger partial charge in [-0.25, -0.2) is 9.59 Å². The van der Waals surface area contributed by atoms with Crippen LogP contribution in [0.3, 0.4) is 0 Å². The van der Waals surface area contributed by atoms with Gasteiger partial charge < -0.3 is 29.5 Å². The first kappa shape index (κ1) is 48.6. The maximum atomic E-state index is 12.3. The Hall–Kier alpha value is -3.88. The minimum Gasteiger partial charge on any atom is -0.482 e. The molecule has 4 aliphatic carbocycles. The number of aliphatic hydroxyl groups excluding tert-OH is 2. The quantitative estimate of drug-likeness (QED) is 0.0674. The summed E-state index contributed by atoms with van der Waals surface area (Å²) >= 11 is 0. The van der Waals surface area contributed by atoms with Crippen LogP contribution in [0.15, 0.2) is 66.7 Å². The van der Waals surface area contributed by atoms with Crippen molar-refractivity contribution < 1.29 is 39.1 Å². The third kappa shape index (κ3) is 13.8. The van der Waals surface area contributed by atoms with Gasteiger partial charge in [-0.1, -0.05) is 147 Å². The molecule has 0 bridgehead atoms. The largest absolute Gasteiger partial charge is 0.482 e. The topological polar surface area (TPSA) is 123 Å². The highest BCUT2D eigenvalue weighted by atomic mass is 16.6. The van der Waals surface area contributed by atoms with E-state index in [4.69, 9.17) is 19.3 Å². The van der Waals surface area contributed by atoms with E-state index in [0.29, 0.717) is 41.3 Å². The van der Waals surface area contributed by atoms with E-state index in [1.807, 2.05) is 54.6 Å². The van der Waals surface area contributed by atoms with Crippen molar-refractivity contribution in [2.24, 2.45) is 47.3 Å². The number of unbranched alkanes of at least 4 members (excludes halogenated alkanes) is 4. The van der Waals surface area contributed by atoms with E-state index in [9.17, 15) is 19.8 Å². The standard InChI is InChI=1S/C31H42O4.C24H36O4/c1-3-4-6-10-22(2)15-16-26-27-17-24-13-9-14-30(28(24)18-25(27)19-29(26)32)34-21-31(33)35-20-23-11-7-5-8-12-23;1-3-4-5-7-16(2)10-11-19-20-12-17-8-6-9-23(28-15-24(26)27)21(17)13-18(20)14-22(19)25/h5,7-9,11-14,22,25-27,29,32H,3-4,6,10,15-21H2,1-2H3;6,8-9,16,18-20,22,25H,3-5,7,10-15H2,1-2H3,(H,26,27). The average Bonchev–Trinajstić information content (AvgIpc) is 3.76. The molecule has 346 valence electrons. The number of aliphatic hydroxyl groups is 2. The van der Waals surface area contributed by atoms with Gasteiger partial charge in [0.1, 0.15) is 18.1 Å². The highest BCUT2D eigenvalue weighted by molar-refractivity contribution is 5.71. The summed E-state index contributed by atoms with van der Waals surface area (Å²) in [6.07, 6.45) is 20.3. The summed E-state index contributed by atoms with van der Waals surface area (Å²) in [5.74, 6) is 4.54. The number of hydrogen-bond donors (Lipinski definition) is 3. The molecular weight excluding hydrogens is 789 g/mol. The summed E-state index contributed by atoms with van der Waals surface area (Å²) in [4.78, 5) is 23.1. The van der Waals surface area contributed by atoms with E-state index >= 15 is 0 Å². The zero-order valence-corrected chi connectivity index (χ0v) is 38.9. The fourth-order valence-corrected chi connectivity index (χ4v) is 11.7. The number of carboxylic acid groups (broad SMARTS) is 1. The van der Waals surface area contributed by atoms with Crippen LogP contribution in [0.5, 0.6) is 11.5 Å². The lowest BCUT2D eigenvalue weighted by Gasteiger charge is -2.32. The van der Waals surface area contributed by atoms with Crippen molar-refractivity contribution in [1.82, 2.24) is 0 Å². The van der Waals surface area contributed by atoms with Gasteiger partial charge >= 0.3 is 11.9 Å². The molecule has 8 nitrogen and oxygen atoms in total. The van der Waals surface area contributed by atoms with Gasteiger partial charge in [-0.3, -0.25) is 0 Å². The van der Waals surface area contributed by atoms with Crippen LogP contribution in [-0.4, -0.2) is 52.7 Å². The molecule has 10 unspecified atom stereocenters. The first-order chi connectivity index (χ1) is 30.5. The molecule has 0 spiro atoms. The van der Waals surface area contributed by atoms with Gasteiger partial charge in [-0.15, -0.1) is 0 Å². The van der Waals surface area contributed by atoms with Gasteiger partial charge in [0.2, 0.25) is 0 Å². The number of benzene rings is 3. The molecule has 2 saturated carbocycles. The maximum Gasteiger partial charge on any atom is 0.344 e. The monoisotopic (exact) mass is 867 g/mol. The summed E-state index contributed by atoms with van der Waals surface area (Å²) < 4.78 is 16.8. The van der Waals surface area contributed by atoms with Gasteiger partial charge in [0.15, 0.2) is 13.2 Å². The van der Waals surface area contributed by atoms with Crippen LogP contribution in [-0.2, 0) is 46.6 Å². The number of carbonyl (C=O) groups is 2. The predicted octanol–water partition coefficient (Wildman–Crippen LogP) is 11.4. The van der Waals surface area contributed by atoms with Crippen LogP contribution < -0.4 is 9.47 Å². The van der Waals surface area contributed by atoms with E-state index in [1.54, 1.807) is 0 Å². The second-order valence-corrected chi connectivity index (χ2v) is 19.9. The lowest BCUT2D eigenvalue weighted by molar-refractivity contribution is -0.147. The molecule has 0 saturated heterocycles. The SMILES string of the molecule is CCCCCC(C)CCC1C(O)CC2Cc3c(cccc3OCC(=O)O)CC21.CCCCCC(C)CCC1C(O)CC2Cc3c(cccc3OCC(=O)OCc3ccccc3)CC21. The molecule has 2 fully saturated rings. The van der Waals surface area contributed by atoms with Gasteiger partial charge in [-0.2, -0.15) is 0 Å². The molecule has 0 aromatic heterocycles. The van der Waals surface area contributed by atoms with Gasteiger partial charge in [0.05, 0.1) is 12.2 Å². The van der Waals surface area contributed by atoms with Gasteiger partial charge in [0.25, 0.3) is 0 Å². The smallest absolute Gasteiger partial charge is 0.344 e. The molecule has 0 heterocycles. The lowest BCUT2D eigenvalue weighted by atomic mass is 9.73. The molecule has 63 heavy (non-hydrogen) atoms. The van der Waals surface area contributed by atoms with Crippen molar-refractivity contribution in [3.8, 4) is 11.5 Å². The highest BCUT2D eigenvalue weighted by Gasteiger charge is 2.46. The number of carbonyl (C=O) groups excluding carboxylic acids is 1. The predicted molar refractivity (Wildman–Crippen MR) is 250 cm³/mol. The molecule has 8 heteroatoms. The van der Waals surface area contributed by atoms with E-state index in [-0.39, 0.29) is 38.0 Å². The average molecular weight is 867 g/mol. The summed E-state index contributed by atoms with van der Waals surface area (Å²) in [6.45, 7) is 9.11. The Kier molecular flexibility index (Phi) is 18.8. The number of rotatable bonds is 22. The van der Waals surface area contributed by atoms with Crippen molar-refractivity contribution in [2.75, 3.05) is 13.2 Å². The van der Waals surface area contributed by atoms with E-state index in [0.717, 1.165) is 80.1 Å². The number of fused-ring (bicyclic) bond motifs is 4. The summed E-state index contributed by atoms with van der Waals surface area (Å²) in [5, 5.41) is 30.6. The molecule has 3 aromatic rings. The number of carboxylic acids is 1. The Balaban J connectivity index is 0.000000215. The Labute approximate surface area is 378 Å². The van der Waals surface area contributed by atoms with E-state index < -0.39 is 5.97 Å².